The third kappa shape index (κ3) is 7.42. The second-order valence-corrected chi connectivity index (χ2v) is 8.58. The van der Waals surface area contributed by atoms with Gasteiger partial charge in [-0.3, -0.25) is 0 Å². The number of hydrogen-bond acceptors (Lipinski definition) is 1. The largest absolute Gasteiger partial charge is 0.871 e. The summed E-state index contributed by atoms with van der Waals surface area (Å²) in [5.74, 6) is -22.3. The zero-order valence-electron chi connectivity index (χ0n) is 19.7. The number of hydrogen-bond donors (Lipinski definition) is 0. The summed E-state index contributed by atoms with van der Waals surface area (Å²) in [5.41, 5.74) is -3.73. The van der Waals surface area contributed by atoms with Crippen LogP contribution in [0.2, 0.25) is 0 Å². The molecule has 1 rings (SSSR count). The molecule has 1 aliphatic rings. The molecule has 11 heteroatoms. The number of unbranched alkanes of at least 4 members (excludes halogenated alkanes) is 4. The van der Waals surface area contributed by atoms with Crippen LogP contribution in [0.15, 0.2) is 11.3 Å². The van der Waals surface area contributed by atoms with E-state index in [0.717, 1.165) is 0 Å². The number of alkyl halides is 9. The highest BCUT2D eigenvalue weighted by atomic mass is 19.4. The maximum Gasteiger partial charge on any atom is 0.417 e. The van der Waals surface area contributed by atoms with Gasteiger partial charge in [-0.2, -0.15) is 39.5 Å². The fourth-order valence-electron chi connectivity index (χ4n) is 3.75. The Labute approximate surface area is 190 Å². The van der Waals surface area contributed by atoms with E-state index < -0.39 is 35.3 Å². The van der Waals surface area contributed by atoms with Crippen molar-refractivity contribution in [3.8, 4) is 0 Å². The summed E-state index contributed by atoms with van der Waals surface area (Å²) in [5, 5.41) is 10.2. The average Bonchev–Trinajstić information content (AvgIpc) is 2.80. The fraction of sp³-hybridized carbons (Fsp3) is 0.909. The molecule has 0 aromatic heterocycles. The van der Waals surface area contributed by atoms with E-state index in [1.165, 1.54) is 82.0 Å². The molecule has 0 aliphatic heterocycles. The number of nitrogens with zero attached hydrogens (tertiary/aromatic N) is 1. The van der Waals surface area contributed by atoms with Crippen molar-refractivity contribution in [1.82, 2.24) is 0 Å². The maximum atomic E-state index is 12.4. The van der Waals surface area contributed by atoms with Crippen molar-refractivity contribution in [2.24, 2.45) is 0 Å². The van der Waals surface area contributed by atoms with Gasteiger partial charge in [0.05, 0.1) is 26.2 Å². The maximum absolute atomic E-state index is 12.4. The number of halogens is 9. The van der Waals surface area contributed by atoms with Crippen LogP contribution in [0.5, 0.6) is 0 Å². The van der Waals surface area contributed by atoms with Gasteiger partial charge >= 0.3 is 23.9 Å². The lowest BCUT2D eigenvalue weighted by Gasteiger charge is -2.39. The minimum Gasteiger partial charge on any atom is -0.871 e. The molecule has 0 heterocycles. The van der Waals surface area contributed by atoms with Crippen LogP contribution in [0.1, 0.15) is 79.1 Å². The molecule has 2 nitrogen and oxygen atoms in total. The third-order valence-electron chi connectivity index (χ3n) is 5.84. The molecule has 0 aromatic carbocycles. The van der Waals surface area contributed by atoms with Gasteiger partial charge in [0.2, 0.25) is 0 Å². The summed E-state index contributed by atoms with van der Waals surface area (Å²) in [7, 11) is 0. The van der Waals surface area contributed by atoms with E-state index in [-0.39, 0.29) is 0 Å². The van der Waals surface area contributed by atoms with Gasteiger partial charge in [-0.15, -0.1) is 0 Å². The van der Waals surface area contributed by atoms with Crippen molar-refractivity contribution in [1.29, 1.82) is 0 Å². The Hall–Kier alpha value is -1.13. The van der Waals surface area contributed by atoms with Crippen LogP contribution in [0, 0.1) is 0 Å². The van der Waals surface area contributed by atoms with Crippen molar-refractivity contribution in [2.45, 2.75) is 103 Å². The molecule has 0 atom stereocenters. The van der Waals surface area contributed by atoms with Gasteiger partial charge in [-0.05, 0) is 31.4 Å². The van der Waals surface area contributed by atoms with Gasteiger partial charge < -0.3 is 9.59 Å². The average molecular weight is 502 g/mol. The van der Waals surface area contributed by atoms with Crippen LogP contribution < -0.4 is 5.11 Å². The molecule has 198 valence electrons. The molecule has 33 heavy (non-hydrogen) atoms. The summed E-state index contributed by atoms with van der Waals surface area (Å²) in [6.07, 6.45) is 4.82. The first kappa shape index (κ1) is 31.9. The van der Waals surface area contributed by atoms with Crippen molar-refractivity contribution in [2.75, 3.05) is 26.2 Å². The van der Waals surface area contributed by atoms with Crippen molar-refractivity contribution in [3.63, 3.8) is 0 Å². The molecular weight excluding hydrogens is 465 g/mol. The topological polar surface area (TPSA) is 23.1 Å². The SMILES string of the molecule is CCCC[N+](CCCC)(CCCC)CCCC.[O-]C1=C(C(F)(F)F)C(F)(F)C(F)(F)C1(F)F. The summed E-state index contributed by atoms with van der Waals surface area (Å²) in [4.78, 5) is 0. The molecule has 0 saturated carbocycles. The molecule has 1 aliphatic carbocycles. The first-order valence-electron chi connectivity index (χ1n) is 11.5. The van der Waals surface area contributed by atoms with Gasteiger partial charge in [0, 0.05) is 0 Å². The highest BCUT2D eigenvalue weighted by molar-refractivity contribution is 5.38. The lowest BCUT2D eigenvalue weighted by atomic mass is 10.1. The second kappa shape index (κ2) is 12.5. The summed E-state index contributed by atoms with van der Waals surface area (Å²) in [6, 6.07) is 0. The Balaban J connectivity index is 0.000000621. The Morgan fingerprint density at radius 3 is 1.09 bits per heavy atom. The number of rotatable bonds is 12. The predicted octanol–water partition coefficient (Wildman–Crippen LogP) is 7.09. The standard InChI is InChI=1S/C16H36N.C6HF9O/c1-5-9-13-17(14-10-6-2,15-11-7-3)16-12-8-4;7-3(8)1(5(11,12)13)2(16)4(9,10)6(3,14)15/h5-16H2,1-4H3;16H/q+1;/p-1. The monoisotopic (exact) mass is 501 g/mol. The van der Waals surface area contributed by atoms with Crippen LogP contribution in [0.4, 0.5) is 39.5 Å². The highest BCUT2D eigenvalue weighted by Gasteiger charge is 2.81. The Bertz CT molecular complexity index is 578. The Morgan fingerprint density at radius 1 is 0.636 bits per heavy atom. The van der Waals surface area contributed by atoms with Gasteiger partial charge in [0.15, 0.2) is 0 Å². The fourth-order valence-corrected chi connectivity index (χ4v) is 3.75. The van der Waals surface area contributed by atoms with Gasteiger partial charge in [0.1, 0.15) is 5.57 Å². The normalized spacial score (nSPS) is 19.4. The zero-order valence-corrected chi connectivity index (χ0v) is 19.7. The molecule has 0 fully saturated rings. The molecule has 0 amide bonds. The smallest absolute Gasteiger partial charge is 0.417 e. The van der Waals surface area contributed by atoms with E-state index in [1.807, 2.05) is 0 Å². The van der Waals surface area contributed by atoms with E-state index in [2.05, 4.69) is 27.7 Å². The zero-order chi connectivity index (χ0) is 26.1. The van der Waals surface area contributed by atoms with E-state index in [1.54, 1.807) is 0 Å². The van der Waals surface area contributed by atoms with Gasteiger partial charge in [-0.25, -0.2) is 0 Å². The van der Waals surface area contributed by atoms with Crippen molar-refractivity contribution >= 4 is 0 Å². The van der Waals surface area contributed by atoms with E-state index in [0.29, 0.717) is 0 Å². The van der Waals surface area contributed by atoms with E-state index in [9.17, 15) is 44.6 Å². The summed E-state index contributed by atoms with van der Waals surface area (Å²) in [6.45, 7) is 15.0. The van der Waals surface area contributed by atoms with Gasteiger partial charge in [0.25, 0.3) is 0 Å². The van der Waals surface area contributed by atoms with E-state index in [4.69, 9.17) is 0 Å². The quantitative estimate of drug-likeness (QED) is 0.207. The van der Waals surface area contributed by atoms with Crippen LogP contribution in [-0.4, -0.2) is 54.6 Å². The molecule has 0 spiro atoms. The first-order chi connectivity index (χ1) is 15.0. The van der Waals surface area contributed by atoms with Crippen LogP contribution in [0.25, 0.3) is 0 Å². The lowest BCUT2D eigenvalue weighted by Crippen LogP contribution is -2.51. The summed E-state index contributed by atoms with van der Waals surface area (Å²) >= 11 is 0. The molecule has 0 bridgehead atoms. The predicted molar refractivity (Wildman–Crippen MR) is 107 cm³/mol. The minimum atomic E-state index is -6.39. The van der Waals surface area contributed by atoms with Crippen LogP contribution >= 0.6 is 0 Å². The molecule has 0 unspecified atom stereocenters. The highest BCUT2D eigenvalue weighted by Crippen LogP contribution is 2.60. The molecule has 0 saturated heterocycles. The molecular formula is C22H36F9NO. The lowest BCUT2D eigenvalue weighted by molar-refractivity contribution is -0.929. The van der Waals surface area contributed by atoms with Gasteiger partial charge in [-0.1, -0.05) is 53.4 Å². The van der Waals surface area contributed by atoms with Crippen LogP contribution in [-0.2, 0) is 0 Å². The van der Waals surface area contributed by atoms with Crippen LogP contribution in [0.3, 0.4) is 0 Å². The second-order valence-electron chi connectivity index (χ2n) is 8.58. The van der Waals surface area contributed by atoms with E-state index >= 15 is 0 Å². The summed E-state index contributed by atoms with van der Waals surface area (Å²) < 4.78 is 111. The minimum absolute atomic E-state index is 1.35. The van der Waals surface area contributed by atoms with Crippen molar-refractivity contribution < 1.29 is 49.1 Å². The number of quaternary nitrogens is 1. The first-order valence-corrected chi connectivity index (χ1v) is 11.5. The molecule has 0 aromatic rings. The molecule has 0 radical (unpaired) electrons. The van der Waals surface area contributed by atoms with Crippen molar-refractivity contribution in [3.05, 3.63) is 11.3 Å². The third-order valence-corrected chi connectivity index (χ3v) is 5.84. The number of allylic oxidation sites excluding steroid dienone is 2. The Morgan fingerprint density at radius 2 is 0.939 bits per heavy atom. The Kier molecular flexibility index (Phi) is 12.1. The molecule has 0 N–H and O–H groups in total.